The molecule has 5 aromatic rings. The third-order valence-electron chi connectivity index (χ3n) is 7.66. The second-order valence-corrected chi connectivity index (χ2v) is 10.4. The standard InChI is InChI=1S/C40H37N/c1-6-7-8-9-10-18-33-19-15-20-34(28-33)41-38-24-14-13-22-37(38)40-36(23-16-25-39(40)41)31(4)27-26-29(2)32(5)35-21-12-11-17-30(35)3/h6-28H,4H2,1-3,5H3/b7-6-,9-8-,18-10+,27-26-,32-29+. The normalized spacial score (nSPS) is 13.0. The van der Waals surface area contributed by atoms with E-state index in [4.69, 9.17) is 0 Å². The molecule has 0 aliphatic rings. The van der Waals surface area contributed by atoms with E-state index in [1.165, 1.54) is 44.1 Å². The Labute approximate surface area is 244 Å². The van der Waals surface area contributed by atoms with Gasteiger partial charge in [-0.15, -0.1) is 0 Å². The van der Waals surface area contributed by atoms with Gasteiger partial charge in [0.2, 0.25) is 0 Å². The molecule has 4 aromatic carbocycles. The van der Waals surface area contributed by atoms with Gasteiger partial charge in [-0.25, -0.2) is 0 Å². The van der Waals surface area contributed by atoms with Crippen molar-refractivity contribution in [2.45, 2.75) is 27.7 Å². The molecule has 0 spiro atoms. The Balaban J connectivity index is 1.57. The van der Waals surface area contributed by atoms with Gasteiger partial charge in [-0.3, -0.25) is 0 Å². The number of nitrogens with zero attached hydrogens (tertiary/aromatic N) is 1. The summed E-state index contributed by atoms with van der Waals surface area (Å²) >= 11 is 0. The maximum Gasteiger partial charge on any atom is 0.0547 e. The summed E-state index contributed by atoms with van der Waals surface area (Å²) in [6, 6.07) is 32.5. The first kappa shape index (κ1) is 27.7. The fourth-order valence-electron chi connectivity index (χ4n) is 5.39. The number of allylic oxidation sites excluding steroid dienone is 10. The van der Waals surface area contributed by atoms with Crippen molar-refractivity contribution in [2.75, 3.05) is 0 Å². The summed E-state index contributed by atoms with van der Waals surface area (Å²) in [6.45, 7) is 13.1. The van der Waals surface area contributed by atoms with Crippen molar-refractivity contribution in [3.8, 4) is 5.69 Å². The fourth-order valence-corrected chi connectivity index (χ4v) is 5.39. The zero-order valence-corrected chi connectivity index (χ0v) is 24.4. The lowest BCUT2D eigenvalue weighted by Gasteiger charge is -2.10. The summed E-state index contributed by atoms with van der Waals surface area (Å²) in [7, 11) is 0. The predicted octanol–water partition coefficient (Wildman–Crippen LogP) is 11.3. The number of aromatic nitrogens is 1. The van der Waals surface area contributed by atoms with E-state index in [1.807, 2.05) is 25.2 Å². The van der Waals surface area contributed by atoms with Crippen molar-refractivity contribution in [3.63, 3.8) is 0 Å². The van der Waals surface area contributed by atoms with Gasteiger partial charge in [0.25, 0.3) is 0 Å². The van der Waals surface area contributed by atoms with E-state index < -0.39 is 0 Å². The molecule has 0 radical (unpaired) electrons. The third kappa shape index (κ3) is 5.85. The average molecular weight is 532 g/mol. The van der Waals surface area contributed by atoms with Crippen LogP contribution in [0.1, 0.15) is 43.0 Å². The summed E-state index contributed by atoms with van der Waals surface area (Å²) in [5, 5.41) is 2.46. The molecule has 202 valence electrons. The van der Waals surface area contributed by atoms with E-state index in [1.54, 1.807) is 0 Å². The zero-order chi connectivity index (χ0) is 28.8. The van der Waals surface area contributed by atoms with E-state index in [0.29, 0.717) is 0 Å². The summed E-state index contributed by atoms with van der Waals surface area (Å²) in [6.07, 6.45) is 16.7. The second kappa shape index (κ2) is 12.5. The Morgan fingerprint density at radius 1 is 0.707 bits per heavy atom. The number of hydrogen-bond donors (Lipinski definition) is 0. The first-order chi connectivity index (χ1) is 20.0. The van der Waals surface area contributed by atoms with Gasteiger partial charge in [-0.05, 0) is 90.9 Å². The molecular weight excluding hydrogens is 494 g/mol. The molecule has 1 nitrogen and oxygen atoms in total. The lowest BCUT2D eigenvalue weighted by Crippen LogP contribution is -1.94. The molecule has 0 atom stereocenters. The Morgan fingerprint density at radius 3 is 2.24 bits per heavy atom. The smallest absolute Gasteiger partial charge is 0.0547 e. The maximum absolute atomic E-state index is 4.52. The number of aryl methyl sites for hydroxylation is 1. The van der Waals surface area contributed by atoms with Crippen molar-refractivity contribution in [1.29, 1.82) is 0 Å². The van der Waals surface area contributed by atoms with Crippen LogP contribution in [-0.2, 0) is 0 Å². The van der Waals surface area contributed by atoms with E-state index in [9.17, 15) is 0 Å². The van der Waals surface area contributed by atoms with Crippen molar-refractivity contribution in [3.05, 3.63) is 168 Å². The molecule has 0 bridgehead atoms. The van der Waals surface area contributed by atoms with E-state index in [0.717, 1.165) is 22.4 Å². The summed E-state index contributed by atoms with van der Waals surface area (Å²) in [5.41, 5.74) is 11.9. The van der Waals surface area contributed by atoms with Crippen LogP contribution in [0.3, 0.4) is 0 Å². The van der Waals surface area contributed by atoms with Gasteiger partial charge in [0.1, 0.15) is 0 Å². The Bertz CT molecular complexity index is 1880. The topological polar surface area (TPSA) is 4.93 Å². The van der Waals surface area contributed by atoms with Gasteiger partial charge in [0.05, 0.1) is 11.0 Å². The van der Waals surface area contributed by atoms with Crippen LogP contribution in [-0.4, -0.2) is 4.57 Å². The Hall–Kier alpha value is -4.88. The Morgan fingerprint density at radius 2 is 1.41 bits per heavy atom. The highest BCUT2D eigenvalue weighted by Crippen LogP contribution is 2.37. The van der Waals surface area contributed by atoms with Crippen molar-refractivity contribution in [2.24, 2.45) is 0 Å². The second-order valence-electron chi connectivity index (χ2n) is 10.4. The molecule has 1 aromatic heterocycles. The highest BCUT2D eigenvalue weighted by molar-refractivity contribution is 6.14. The highest BCUT2D eigenvalue weighted by Gasteiger charge is 2.15. The van der Waals surface area contributed by atoms with Gasteiger partial charge in [-0.2, -0.15) is 0 Å². The van der Waals surface area contributed by atoms with Crippen LogP contribution in [0.2, 0.25) is 0 Å². The van der Waals surface area contributed by atoms with Gasteiger partial charge in [-0.1, -0.05) is 122 Å². The summed E-state index contributed by atoms with van der Waals surface area (Å²) in [4.78, 5) is 0. The van der Waals surface area contributed by atoms with Crippen LogP contribution in [0.4, 0.5) is 0 Å². The Kier molecular flexibility index (Phi) is 8.46. The maximum atomic E-state index is 4.52. The molecule has 1 heteroatoms. The first-order valence-electron chi connectivity index (χ1n) is 14.2. The van der Waals surface area contributed by atoms with Crippen LogP contribution in [0, 0.1) is 6.92 Å². The average Bonchev–Trinajstić information content (AvgIpc) is 3.34. The number of fused-ring (bicyclic) bond motifs is 3. The molecule has 0 aliphatic carbocycles. The van der Waals surface area contributed by atoms with E-state index in [2.05, 4.69) is 153 Å². The zero-order valence-electron chi connectivity index (χ0n) is 24.4. The molecule has 0 amide bonds. The van der Waals surface area contributed by atoms with Crippen molar-refractivity contribution < 1.29 is 0 Å². The van der Waals surface area contributed by atoms with Crippen molar-refractivity contribution in [1.82, 2.24) is 4.57 Å². The molecule has 5 rings (SSSR count). The van der Waals surface area contributed by atoms with E-state index >= 15 is 0 Å². The minimum absolute atomic E-state index is 1.00. The lowest BCUT2D eigenvalue weighted by molar-refractivity contribution is 1.18. The van der Waals surface area contributed by atoms with Crippen LogP contribution >= 0.6 is 0 Å². The minimum Gasteiger partial charge on any atom is -0.309 e. The fraction of sp³-hybridized carbons (Fsp3) is 0.100. The van der Waals surface area contributed by atoms with Crippen molar-refractivity contribution >= 4 is 39.0 Å². The van der Waals surface area contributed by atoms with Gasteiger partial charge in [0, 0.05) is 16.5 Å². The predicted molar refractivity (Wildman–Crippen MR) is 181 cm³/mol. The van der Waals surface area contributed by atoms with Crippen LogP contribution in [0.5, 0.6) is 0 Å². The lowest BCUT2D eigenvalue weighted by atomic mass is 9.96. The number of rotatable bonds is 8. The molecule has 41 heavy (non-hydrogen) atoms. The molecule has 0 N–H and O–H groups in total. The number of para-hydroxylation sites is 1. The molecule has 1 heterocycles. The van der Waals surface area contributed by atoms with Gasteiger partial charge < -0.3 is 4.57 Å². The highest BCUT2D eigenvalue weighted by atomic mass is 15.0. The largest absolute Gasteiger partial charge is 0.309 e. The quantitative estimate of drug-likeness (QED) is 0.175. The number of benzene rings is 4. The number of hydrogen-bond acceptors (Lipinski definition) is 0. The minimum atomic E-state index is 1.00. The molecular formula is C40H37N. The molecule has 0 unspecified atom stereocenters. The molecule has 0 saturated heterocycles. The first-order valence-corrected chi connectivity index (χ1v) is 14.2. The summed E-state index contributed by atoms with van der Waals surface area (Å²) in [5.74, 6) is 0. The molecule has 0 aliphatic heterocycles. The SMILES string of the molecule is C=C(/C=C\C(C)=C(/C)c1ccccc1C)c1cccc2c1c1ccccc1n2-c1cccc(/C=C/C=C\C=C/C)c1. The van der Waals surface area contributed by atoms with E-state index in [-0.39, 0.29) is 0 Å². The van der Waals surface area contributed by atoms with Gasteiger partial charge >= 0.3 is 0 Å². The molecule has 0 fully saturated rings. The monoisotopic (exact) mass is 531 g/mol. The summed E-state index contributed by atoms with van der Waals surface area (Å²) < 4.78 is 2.37. The van der Waals surface area contributed by atoms with Crippen LogP contribution < -0.4 is 0 Å². The van der Waals surface area contributed by atoms with Crippen LogP contribution in [0.25, 0.3) is 44.7 Å². The third-order valence-corrected chi connectivity index (χ3v) is 7.66. The molecule has 0 saturated carbocycles. The van der Waals surface area contributed by atoms with Gasteiger partial charge in [0.15, 0.2) is 0 Å². The van der Waals surface area contributed by atoms with Crippen LogP contribution in [0.15, 0.2) is 146 Å².